The molecule has 1 N–H and O–H groups in total. The van der Waals surface area contributed by atoms with Gasteiger partial charge in [0, 0.05) is 4.47 Å². The van der Waals surface area contributed by atoms with E-state index in [1.54, 1.807) is 24.3 Å². The van der Waals surface area contributed by atoms with E-state index in [2.05, 4.69) is 21.2 Å². The van der Waals surface area contributed by atoms with Gasteiger partial charge in [-0.15, -0.1) is 0 Å². The predicted octanol–water partition coefficient (Wildman–Crippen LogP) is 3.06. The van der Waals surface area contributed by atoms with Gasteiger partial charge in [-0.3, -0.25) is 9.10 Å². The van der Waals surface area contributed by atoms with Gasteiger partial charge >= 0.3 is 0 Å². The van der Waals surface area contributed by atoms with Crippen molar-refractivity contribution in [3.8, 4) is 5.75 Å². The minimum absolute atomic E-state index is 0.0117. The summed E-state index contributed by atoms with van der Waals surface area (Å²) in [5, 5.41) is 2.44. The van der Waals surface area contributed by atoms with Crippen LogP contribution >= 0.6 is 15.9 Å². The second-order valence-corrected chi connectivity index (χ2v) is 8.81. The Bertz CT molecular complexity index is 981. The van der Waals surface area contributed by atoms with Crippen molar-refractivity contribution in [3.05, 3.63) is 52.3 Å². The van der Waals surface area contributed by atoms with E-state index in [9.17, 15) is 17.6 Å². The lowest BCUT2D eigenvalue weighted by Gasteiger charge is -2.34. The summed E-state index contributed by atoms with van der Waals surface area (Å²) >= 11 is 3.14. The van der Waals surface area contributed by atoms with Crippen LogP contribution in [0.2, 0.25) is 0 Å². The van der Waals surface area contributed by atoms with Gasteiger partial charge in [0.15, 0.2) is 6.10 Å². The van der Waals surface area contributed by atoms with Gasteiger partial charge < -0.3 is 10.1 Å². The number of carbonyl (C=O) groups excluding carboxylic acids is 1. The smallest absolute Gasteiger partial charge is 0.267 e. The average Bonchev–Trinajstić information content (AvgIpc) is 2.55. The van der Waals surface area contributed by atoms with E-state index in [1.165, 1.54) is 12.1 Å². The number of sulfonamides is 1. The first-order chi connectivity index (χ1) is 12.1. The van der Waals surface area contributed by atoms with E-state index in [0.717, 1.165) is 16.1 Å². The molecule has 1 atom stereocenters. The van der Waals surface area contributed by atoms with E-state index >= 15 is 0 Å². The van der Waals surface area contributed by atoms with Gasteiger partial charge in [0.25, 0.3) is 5.91 Å². The number of nitrogens with zero attached hydrogens (tertiary/aromatic N) is 1. The largest absolute Gasteiger partial charge is 0.476 e. The molecule has 0 saturated heterocycles. The topological polar surface area (TPSA) is 75.7 Å². The van der Waals surface area contributed by atoms with Gasteiger partial charge in [-0.1, -0.05) is 22.0 Å². The molecule has 1 heterocycles. The maximum Gasteiger partial charge on any atom is 0.267 e. The number of benzene rings is 2. The molecule has 0 radical (unpaired) electrons. The minimum Gasteiger partial charge on any atom is -0.476 e. The number of fused-ring (bicyclic) bond motifs is 1. The second kappa shape index (κ2) is 6.88. The van der Waals surface area contributed by atoms with E-state index in [4.69, 9.17) is 4.74 Å². The van der Waals surface area contributed by atoms with Crippen molar-refractivity contribution < 1.29 is 22.3 Å². The Morgan fingerprint density at radius 2 is 2.04 bits per heavy atom. The maximum atomic E-state index is 13.9. The number of halogens is 2. The summed E-state index contributed by atoms with van der Waals surface area (Å²) < 4.78 is 45.6. The van der Waals surface area contributed by atoms with Gasteiger partial charge in [0.1, 0.15) is 11.6 Å². The lowest BCUT2D eigenvalue weighted by molar-refractivity contribution is -0.122. The molecule has 0 aliphatic carbocycles. The van der Waals surface area contributed by atoms with Gasteiger partial charge in [0.2, 0.25) is 10.0 Å². The Hall–Kier alpha value is -2.13. The summed E-state index contributed by atoms with van der Waals surface area (Å²) in [4.78, 5) is 12.5. The van der Waals surface area contributed by atoms with Crippen molar-refractivity contribution in [2.24, 2.45) is 0 Å². The zero-order chi connectivity index (χ0) is 19.1. The molecule has 3 rings (SSSR count). The molecule has 0 bridgehead atoms. The van der Waals surface area contributed by atoms with E-state index in [0.29, 0.717) is 10.2 Å². The SMILES string of the molecule is Cc1ccc2c(c1)N(S(C)(=O)=O)C[C@H](C(=O)Nc1ccc(Br)cc1F)O2. The third-order valence-electron chi connectivity index (χ3n) is 3.87. The number of nitrogens with one attached hydrogen (secondary N) is 1. The maximum absolute atomic E-state index is 13.9. The number of hydrogen-bond acceptors (Lipinski definition) is 4. The molecular formula is C17H16BrFN2O4S. The first kappa shape index (κ1) is 18.7. The van der Waals surface area contributed by atoms with Crippen LogP contribution in [0.5, 0.6) is 5.75 Å². The third-order valence-corrected chi connectivity index (χ3v) is 5.51. The van der Waals surface area contributed by atoms with Crippen LogP contribution in [0.15, 0.2) is 40.9 Å². The highest BCUT2D eigenvalue weighted by Crippen LogP contribution is 2.36. The summed E-state index contributed by atoms with van der Waals surface area (Å²) in [6.45, 7) is 1.63. The molecule has 2 aromatic rings. The quantitative estimate of drug-likeness (QED) is 0.792. The van der Waals surface area contributed by atoms with Crippen LogP contribution in [0.3, 0.4) is 0 Å². The van der Waals surface area contributed by atoms with Crippen LogP contribution in [-0.2, 0) is 14.8 Å². The number of carbonyl (C=O) groups is 1. The molecule has 0 spiro atoms. The summed E-state index contributed by atoms with van der Waals surface area (Å²) in [5.41, 5.74) is 1.23. The highest BCUT2D eigenvalue weighted by molar-refractivity contribution is 9.10. The Morgan fingerprint density at radius 3 is 2.69 bits per heavy atom. The van der Waals surface area contributed by atoms with Crippen molar-refractivity contribution in [1.29, 1.82) is 0 Å². The molecular weight excluding hydrogens is 427 g/mol. The van der Waals surface area contributed by atoms with Crippen molar-refractivity contribution >= 4 is 43.2 Å². The van der Waals surface area contributed by atoms with Crippen LogP contribution in [0.1, 0.15) is 5.56 Å². The molecule has 0 unspecified atom stereocenters. The Morgan fingerprint density at radius 1 is 1.31 bits per heavy atom. The van der Waals surface area contributed by atoms with Crippen LogP contribution in [0.25, 0.3) is 0 Å². The monoisotopic (exact) mass is 442 g/mol. The third kappa shape index (κ3) is 3.83. The summed E-state index contributed by atoms with van der Waals surface area (Å²) in [7, 11) is -3.62. The van der Waals surface area contributed by atoms with Crippen LogP contribution < -0.4 is 14.4 Å². The van der Waals surface area contributed by atoms with E-state index in [1.807, 2.05) is 6.92 Å². The van der Waals surface area contributed by atoms with Crippen molar-refractivity contribution in [1.82, 2.24) is 0 Å². The van der Waals surface area contributed by atoms with Gasteiger partial charge in [-0.2, -0.15) is 0 Å². The fourth-order valence-electron chi connectivity index (χ4n) is 2.62. The number of rotatable bonds is 3. The molecule has 6 nitrogen and oxygen atoms in total. The summed E-state index contributed by atoms with van der Waals surface area (Å²) in [6.07, 6.45) is -0.0451. The molecule has 0 saturated carbocycles. The molecule has 9 heteroatoms. The Labute approximate surface area is 159 Å². The zero-order valence-electron chi connectivity index (χ0n) is 14.0. The Balaban J connectivity index is 1.89. The van der Waals surface area contributed by atoms with Crippen molar-refractivity contribution in [2.45, 2.75) is 13.0 Å². The van der Waals surface area contributed by atoms with E-state index < -0.39 is 27.9 Å². The molecule has 0 fully saturated rings. The van der Waals surface area contributed by atoms with Crippen LogP contribution in [0, 0.1) is 12.7 Å². The normalized spacial score (nSPS) is 16.6. The number of amides is 1. The fraction of sp³-hybridized carbons (Fsp3) is 0.235. The lowest BCUT2D eigenvalue weighted by atomic mass is 10.1. The molecule has 1 aliphatic rings. The molecule has 138 valence electrons. The van der Waals surface area contributed by atoms with Gasteiger partial charge in [0.05, 0.1) is 24.2 Å². The number of anilines is 2. The number of ether oxygens (including phenoxy) is 1. The number of hydrogen-bond donors (Lipinski definition) is 1. The lowest BCUT2D eigenvalue weighted by Crippen LogP contribution is -2.48. The zero-order valence-corrected chi connectivity index (χ0v) is 16.4. The van der Waals surface area contributed by atoms with Gasteiger partial charge in [-0.05, 0) is 42.8 Å². The number of aryl methyl sites for hydroxylation is 1. The summed E-state index contributed by atoms with van der Waals surface area (Å²) in [5.74, 6) is -0.964. The predicted molar refractivity (Wildman–Crippen MR) is 101 cm³/mol. The Kier molecular flexibility index (Phi) is 4.94. The standard InChI is InChI=1S/C17H16BrFN2O4S/c1-10-3-6-15-14(7-10)21(26(2,23)24)9-16(25-15)17(22)20-13-5-4-11(18)8-12(13)19/h3-8,16H,9H2,1-2H3,(H,20,22)/t16-/m1/s1. The molecule has 1 aliphatic heterocycles. The van der Waals surface area contributed by atoms with Crippen LogP contribution in [-0.4, -0.2) is 33.2 Å². The molecule has 0 aromatic heterocycles. The minimum atomic E-state index is -3.62. The molecule has 26 heavy (non-hydrogen) atoms. The highest BCUT2D eigenvalue weighted by atomic mass is 79.9. The average molecular weight is 443 g/mol. The fourth-order valence-corrected chi connectivity index (χ4v) is 3.86. The summed E-state index contributed by atoms with van der Waals surface area (Å²) in [6, 6.07) is 9.26. The molecule has 2 aromatic carbocycles. The van der Waals surface area contributed by atoms with Crippen LogP contribution in [0.4, 0.5) is 15.8 Å². The first-order valence-electron chi connectivity index (χ1n) is 7.66. The van der Waals surface area contributed by atoms with Crippen molar-refractivity contribution in [2.75, 3.05) is 22.4 Å². The van der Waals surface area contributed by atoms with Crippen molar-refractivity contribution in [3.63, 3.8) is 0 Å². The molecule has 1 amide bonds. The van der Waals surface area contributed by atoms with Gasteiger partial charge in [-0.25, -0.2) is 12.8 Å². The first-order valence-corrected chi connectivity index (χ1v) is 10.3. The highest BCUT2D eigenvalue weighted by Gasteiger charge is 2.35. The second-order valence-electron chi connectivity index (χ2n) is 5.99. The van der Waals surface area contributed by atoms with E-state index in [-0.39, 0.29) is 18.0 Å².